The predicted octanol–water partition coefficient (Wildman–Crippen LogP) is 1.54. The van der Waals surface area contributed by atoms with Crippen molar-refractivity contribution in [2.45, 2.75) is 31.7 Å². The Morgan fingerprint density at radius 3 is 2.86 bits per heavy atom. The molecule has 5 nitrogen and oxygen atoms in total. The summed E-state index contributed by atoms with van der Waals surface area (Å²) in [5.41, 5.74) is 7.30. The fraction of sp³-hybridized carbons (Fsp3) is 0.588. The molecule has 2 aliphatic heterocycles. The van der Waals surface area contributed by atoms with Crippen LogP contribution in [-0.2, 0) is 11.2 Å². The Labute approximate surface area is 130 Å². The normalized spacial score (nSPS) is 26.5. The van der Waals surface area contributed by atoms with Crippen LogP contribution in [0.15, 0.2) is 18.2 Å². The van der Waals surface area contributed by atoms with Gasteiger partial charge in [0.2, 0.25) is 12.7 Å². The zero-order chi connectivity index (χ0) is 15.1. The molecule has 1 saturated heterocycles. The molecule has 2 heterocycles. The molecule has 2 fully saturated rings. The number of rotatable bonds is 4. The first-order chi connectivity index (χ1) is 10.7. The van der Waals surface area contributed by atoms with Gasteiger partial charge in [0.15, 0.2) is 11.5 Å². The third-order valence-electron chi connectivity index (χ3n) is 5.06. The molecule has 0 aromatic heterocycles. The molecular formula is C17H22N2O3. The molecule has 22 heavy (non-hydrogen) atoms. The molecule has 5 heteroatoms. The van der Waals surface area contributed by atoms with Crippen LogP contribution in [-0.4, -0.2) is 36.7 Å². The van der Waals surface area contributed by atoms with Crippen molar-refractivity contribution < 1.29 is 14.3 Å². The smallest absolute Gasteiger partial charge is 0.231 e. The Hall–Kier alpha value is -1.75. The molecule has 2 atom stereocenters. The third kappa shape index (κ3) is 2.65. The quantitative estimate of drug-likeness (QED) is 0.916. The van der Waals surface area contributed by atoms with E-state index < -0.39 is 0 Å². The number of likely N-dealkylation sites (tertiary alicyclic amines) is 1. The summed E-state index contributed by atoms with van der Waals surface area (Å²) in [6, 6.07) is 6.06. The number of hydrogen-bond donors (Lipinski definition) is 1. The molecule has 1 amide bonds. The number of fused-ring (bicyclic) bond motifs is 1. The van der Waals surface area contributed by atoms with Gasteiger partial charge in [-0.1, -0.05) is 6.07 Å². The minimum atomic E-state index is 0.169. The van der Waals surface area contributed by atoms with Crippen molar-refractivity contribution >= 4 is 5.91 Å². The predicted molar refractivity (Wildman–Crippen MR) is 81.7 cm³/mol. The molecule has 2 N–H and O–H groups in total. The summed E-state index contributed by atoms with van der Waals surface area (Å²) in [4.78, 5) is 14.4. The number of amides is 1. The monoisotopic (exact) mass is 302 g/mol. The topological polar surface area (TPSA) is 64.8 Å². The van der Waals surface area contributed by atoms with Crippen LogP contribution in [0.25, 0.3) is 0 Å². The van der Waals surface area contributed by atoms with Crippen molar-refractivity contribution in [2.24, 2.45) is 17.6 Å². The van der Waals surface area contributed by atoms with Crippen LogP contribution < -0.4 is 15.2 Å². The van der Waals surface area contributed by atoms with E-state index in [1.165, 1.54) is 12.8 Å². The summed E-state index contributed by atoms with van der Waals surface area (Å²) in [7, 11) is 0. The van der Waals surface area contributed by atoms with Crippen molar-refractivity contribution in [3.63, 3.8) is 0 Å². The standard InChI is InChI=1S/C17H22N2O3/c18-14-9-19(8-13(14)12-3-4-12)17(20)6-2-11-1-5-15-16(7-11)22-10-21-15/h1,5,7,12-14H,2-4,6,8-10,18H2/t13-,14+/m0/s1. The van der Waals surface area contributed by atoms with Gasteiger partial charge < -0.3 is 20.1 Å². The number of nitrogens with two attached hydrogens (primary N) is 1. The van der Waals surface area contributed by atoms with Gasteiger partial charge in [0.05, 0.1) is 0 Å². The van der Waals surface area contributed by atoms with Crippen molar-refractivity contribution in [1.29, 1.82) is 0 Å². The first kappa shape index (κ1) is 13.9. The van der Waals surface area contributed by atoms with Gasteiger partial charge in [-0.05, 0) is 48.8 Å². The minimum absolute atomic E-state index is 0.169. The van der Waals surface area contributed by atoms with E-state index in [2.05, 4.69) is 0 Å². The highest BCUT2D eigenvalue weighted by atomic mass is 16.7. The summed E-state index contributed by atoms with van der Waals surface area (Å²) in [5, 5.41) is 0. The van der Waals surface area contributed by atoms with Crippen LogP contribution in [0.5, 0.6) is 11.5 Å². The van der Waals surface area contributed by atoms with E-state index >= 15 is 0 Å². The molecule has 0 spiro atoms. The zero-order valence-electron chi connectivity index (χ0n) is 12.7. The van der Waals surface area contributed by atoms with Crippen LogP contribution in [0.4, 0.5) is 0 Å². The van der Waals surface area contributed by atoms with E-state index in [1.54, 1.807) is 0 Å². The van der Waals surface area contributed by atoms with Crippen molar-refractivity contribution in [3.8, 4) is 11.5 Å². The van der Waals surface area contributed by atoms with Gasteiger partial charge in [0, 0.05) is 25.6 Å². The van der Waals surface area contributed by atoms with Gasteiger partial charge in [0.1, 0.15) is 0 Å². The summed E-state index contributed by atoms with van der Waals surface area (Å²) in [6.07, 6.45) is 3.84. The molecule has 0 bridgehead atoms. The number of ether oxygens (including phenoxy) is 2. The Bertz CT molecular complexity index is 585. The first-order valence-electron chi connectivity index (χ1n) is 8.12. The minimum Gasteiger partial charge on any atom is -0.454 e. The fourth-order valence-corrected chi connectivity index (χ4v) is 3.59. The maximum absolute atomic E-state index is 12.4. The number of benzene rings is 1. The molecule has 1 aromatic rings. The largest absolute Gasteiger partial charge is 0.454 e. The first-order valence-corrected chi connectivity index (χ1v) is 8.12. The fourth-order valence-electron chi connectivity index (χ4n) is 3.59. The second-order valence-corrected chi connectivity index (χ2v) is 6.65. The zero-order valence-corrected chi connectivity index (χ0v) is 12.7. The van der Waals surface area contributed by atoms with Gasteiger partial charge >= 0.3 is 0 Å². The highest BCUT2D eigenvalue weighted by molar-refractivity contribution is 5.77. The van der Waals surface area contributed by atoms with Crippen molar-refractivity contribution in [1.82, 2.24) is 4.90 Å². The highest BCUT2D eigenvalue weighted by Gasteiger charge is 2.41. The van der Waals surface area contributed by atoms with E-state index in [4.69, 9.17) is 15.2 Å². The maximum Gasteiger partial charge on any atom is 0.231 e. The number of carbonyl (C=O) groups is 1. The summed E-state index contributed by atoms with van der Waals surface area (Å²) >= 11 is 0. The van der Waals surface area contributed by atoms with Gasteiger partial charge in [-0.2, -0.15) is 0 Å². The van der Waals surface area contributed by atoms with E-state index in [9.17, 15) is 4.79 Å². The number of nitrogens with zero attached hydrogens (tertiary/aromatic N) is 1. The van der Waals surface area contributed by atoms with Crippen LogP contribution in [0.2, 0.25) is 0 Å². The van der Waals surface area contributed by atoms with Gasteiger partial charge in [-0.15, -0.1) is 0 Å². The molecule has 4 rings (SSSR count). The molecule has 118 valence electrons. The van der Waals surface area contributed by atoms with Gasteiger partial charge in [-0.25, -0.2) is 0 Å². The Balaban J connectivity index is 1.33. The van der Waals surface area contributed by atoms with E-state index in [-0.39, 0.29) is 18.7 Å². The Kier molecular flexibility index (Phi) is 3.45. The Morgan fingerprint density at radius 2 is 2.05 bits per heavy atom. The van der Waals surface area contributed by atoms with Crippen molar-refractivity contribution in [3.05, 3.63) is 23.8 Å². The lowest BCUT2D eigenvalue weighted by Gasteiger charge is -2.16. The summed E-state index contributed by atoms with van der Waals surface area (Å²) in [5.74, 6) is 3.07. The lowest BCUT2D eigenvalue weighted by atomic mass is 9.99. The molecule has 1 saturated carbocycles. The van der Waals surface area contributed by atoms with Crippen LogP contribution >= 0.6 is 0 Å². The third-order valence-corrected chi connectivity index (χ3v) is 5.06. The van der Waals surface area contributed by atoms with Gasteiger partial charge in [0.25, 0.3) is 0 Å². The van der Waals surface area contributed by atoms with Crippen molar-refractivity contribution in [2.75, 3.05) is 19.9 Å². The lowest BCUT2D eigenvalue weighted by molar-refractivity contribution is -0.130. The average Bonchev–Trinajstić information content (AvgIpc) is 3.12. The average molecular weight is 302 g/mol. The second kappa shape index (κ2) is 5.47. The van der Waals surface area contributed by atoms with E-state index in [1.807, 2.05) is 23.1 Å². The molecule has 0 radical (unpaired) electrons. The van der Waals surface area contributed by atoms with E-state index in [0.29, 0.717) is 12.3 Å². The summed E-state index contributed by atoms with van der Waals surface area (Å²) in [6.45, 7) is 1.86. The molecule has 0 unspecified atom stereocenters. The van der Waals surface area contributed by atoms with E-state index in [0.717, 1.165) is 42.5 Å². The maximum atomic E-state index is 12.4. The summed E-state index contributed by atoms with van der Waals surface area (Å²) < 4.78 is 10.7. The molecule has 1 aromatic carbocycles. The Morgan fingerprint density at radius 1 is 1.23 bits per heavy atom. The number of carbonyl (C=O) groups excluding carboxylic acids is 1. The van der Waals surface area contributed by atoms with Crippen LogP contribution in [0.3, 0.4) is 0 Å². The molecule has 1 aliphatic carbocycles. The van der Waals surface area contributed by atoms with Gasteiger partial charge in [-0.3, -0.25) is 4.79 Å². The van der Waals surface area contributed by atoms with Crippen LogP contribution in [0, 0.1) is 11.8 Å². The van der Waals surface area contributed by atoms with Crippen LogP contribution in [0.1, 0.15) is 24.8 Å². The SMILES string of the molecule is N[C@@H]1CN(C(=O)CCc2ccc3c(c2)OCO3)C[C@H]1C1CC1. The lowest BCUT2D eigenvalue weighted by Crippen LogP contribution is -2.32. The highest BCUT2D eigenvalue weighted by Crippen LogP contribution is 2.41. The molecule has 3 aliphatic rings. The second-order valence-electron chi connectivity index (χ2n) is 6.65. The molecular weight excluding hydrogens is 280 g/mol. The number of hydrogen-bond acceptors (Lipinski definition) is 4. The number of aryl methyl sites for hydroxylation is 1.